The van der Waals surface area contributed by atoms with Gasteiger partial charge in [0.05, 0.1) is 11.4 Å². The maximum Gasteiger partial charge on any atom is 0.0701 e. The van der Waals surface area contributed by atoms with Crippen molar-refractivity contribution in [1.29, 1.82) is 0 Å². The number of pyridine rings is 1. The number of hydrogen-bond donors (Lipinski definition) is 0. The number of aliphatic imine (C=N–C) groups is 1. The molecule has 0 fully saturated rings. The van der Waals surface area contributed by atoms with Crippen molar-refractivity contribution >= 4 is 44.2 Å². The number of aromatic nitrogens is 1. The molecule has 1 aliphatic heterocycles. The summed E-state index contributed by atoms with van der Waals surface area (Å²) in [4.78, 5) is 9.31. The topological polar surface area (TPSA) is 25.2 Å². The van der Waals surface area contributed by atoms with Crippen LogP contribution >= 0.6 is 0 Å². The molecule has 1 atom stereocenters. The molecule has 2 nitrogen and oxygen atoms in total. The van der Waals surface area contributed by atoms with Gasteiger partial charge in [0, 0.05) is 18.0 Å². The van der Waals surface area contributed by atoms with E-state index in [0.29, 0.717) is 5.92 Å². The molecule has 0 spiro atoms. The molecule has 0 bridgehead atoms. The maximum atomic E-state index is 4.72. The van der Waals surface area contributed by atoms with Gasteiger partial charge in [-0.2, -0.15) is 0 Å². The first-order valence-electron chi connectivity index (χ1n) is 17.0. The van der Waals surface area contributed by atoms with E-state index < -0.39 is 0 Å². The predicted molar refractivity (Wildman–Crippen MR) is 209 cm³/mol. The average Bonchev–Trinajstić information content (AvgIpc) is 3.17. The van der Waals surface area contributed by atoms with Crippen LogP contribution in [0.4, 0.5) is 0 Å². The van der Waals surface area contributed by atoms with Crippen molar-refractivity contribution in [3.63, 3.8) is 0 Å². The molecule has 1 aliphatic rings. The lowest BCUT2D eigenvalue weighted by Gasteiger charge is -2.19. The molecule has 49 heavy (non-hydrogen) atoms. The first kappa shape index (κ1) is 29.1. The summed E-state index contributed by atoms with van der Waals surface area (Å²) in [6.07, 6.45) is 7.18. The van der Waals surface area contributed by atoms with E-state index in [1.807, 2.05) is 24.5 Å². The highest BCUT2D eigenvalue weighted by molar-refractivity contribution is 6.22. The molecule has 0 amide bonds. The minimum atomic E-state index is 0.501. The quantitative estimate of drug-likeness (QED) is 0.175. The van der Waals surface area contributed by atoms with Crippen molar-refractivity contribution in [3.05, 3.63) is 169 Å². The van der Waals surface area contributed by atoms with Gasteiger partial charge in [0.25, 0.3) is 0 Å². The van der Waals surface area contributed by atoms with Gasteiger partial charge in [-0.05, 0) is 102 Å². The molecule has 0 radical (unpaired) electrons. The van der Waals surface area contributed by atoms with E-state index in [9.17, 15) is 0 Å². The van der Waals surface area contributed by atoms with Crippen molar-refractivity contribution in [1.82, 2.24) is 4.98 Å². The van der Waals surface area contributed by atoms with E-state index in [2.05, 4.69) is 158 Å². The van der Waals surface area contributed by atoms with Gasteiger partial charge in [-0.25, -0.2) is 0 Å². The Morgan fingerprint density at radius 2 is 1.08 bits per heavy atom. The van der Waals surface area contributed by atoms with Gasteiger partial charge < -0.3 is 0 Å². The summed E-state index contributed by atoms with van der Waals surface area (Å²) >= 11 is 0. The molecule has 9 rings (SSSR count). The third-order valence-electron chi connectivity index (χ3n) is 9.88. The van der Waals surface area contributed by atoms with Crippen LogP contribution in [-0.4, -0.2) is 11.2 Å². The Kier molecular flexibility index (Phi) is 7.21. The molecular weight excluding hydrogens is 593 g/mol. The third-order valence-corrected chi connectivity index (χ3v) is 9.88. The van der Waals surface area contributed by atoms with Crippen LogP contribution in [0.3, 0.4) is 0 Å². The number of allylic oxidation sites excluding steroid dienone is 1. The lowest BCUT2D eigenvalue weighted by Crippen LogP contribution is -1.98. The summed E-state index contributed by atoms with van der Waals surface area (Å²) in [5, 5.41) is 7.47. The molecule has 8 aromatic rings. The highest BCUT2D eigenvalue weighted by Crippen LogP contribution is 2.45. The summed E-state index contributed by atoms with van der Waals surface area (Å²) in [6, 6.07) is 55.2. The largest absolute Gasteiger partial charge is 0.261 e. The Bertz CT molecular complexity index is 2550. The first-order valence-corrected chi connectivity index (χ1v) is 17.0. The molecule has 2 heteroatoms. The van der Waals surface area contributed by atoms with Crippen molar-refractivity contribution < 1.29 is 0 Å². The van der Waals surface area contributed by atoms with Crippen molar-refractivity contribution in [2.75, 3.05) is 0 Å². The third kappa shape index (κ3) is 5.23. The summed E-state index contributed by atoms with van der Waals surface area (Å²) in [7, 11) is 0. The minimum absolute atomic E-state index is 0.501. The SMILES string of the molecule is CC1C=C(c2ccc(-c3c4ccccc4c(-c4ccc(-c5ccccn5)cc4)c4cc(-c5cccc6ccccc56)ccc34)cc2)N=CC1. The molecule has 0 N–H and O–H groups in total. The van der Waals surface area contributed by atoms with Gasteiger partial charge in [-0.1, -0.05) is 146 Å². The number of rotatable bonds is 5. The minimum Gasteiger partial charge on any atom is -0.261 e. The zero-order chi connectivity index (χ0) is 32.7. The van der Waals surface area contributed by atoms with Crippen LogP contribution in [0.2, 0.25) is 0 Å². The Hall–Kier alpha value is -6.12. The van der Waals surface area contributed by atoms with Crippen LogP contribution in [0.25, 0.3) is 82.7 Å². The first-order chi connectivity index (χ1) is 24.2. The van der Waals surface area contributed by atoms with Gasteiger partial charge in [0.15, 0.2) is 0 Å². The van der Waals surface area contributed by atoms with Gasteiger partial charge >= 0.3 is 0 Å². The molecular formula is C47H34N2. The van der Waals surface area contributed by atoms with Crippen molar-refractivity contribution in [2.45, 2.75) is 13.3 Å². The molecule has 0 saturated carbocycles. The fraction of sp³-hybridized carbons (Fsp3) is 0.0638. The summed E-state index contributed by atoms with van der Waals surface area (Å²) in [5.74, 6) is 0.501. The highest BCUT2D eigenvalue weighted by Gasteiger charge is 2.19. The van der Waals surface area contributed by atoms with Gasteiger partial charge in [0.1, 0.15) is 0 Å². The summed E-state index contributed by atoms with van der Waals surface area (Å²) < 4.78 is 0. The second kappa shape index (κ2) is 12.2. The maximum absolute atomic E-state index is 4.72. The molecule has 0 saturated heterocycles. The molecule has 1 aromatic heterocycles. The Morgan fingerprint density at radius 3 is 1.80 bits per heavy atom. The second-order valence-corrected chi connectivity index (χ2v) is 13.0. The molecule has 0 aliphatic carbocycles. The monoisotopic (exact) mass is 626 g/mol. The normalized spacial score (nSPS) is 14.4. The van der Waals surface area contributed by atoms with Gasteiger partial charge in [-0.3, -0.25) is 9.98 Å². The Labute approximate surface area is 286 Å². The van der Waals surface area contributed by atoms with Crippen LogP contribution in [-0.2, 0) is 0 Å². The van der Waals surface area contributed by atoms with E-state index in [1.54, 1.807) is 0 Å². The van der Waals surface area contributed by atoms with E-state index in [-0.39, 0.29) is 0 Å². The zero-order valence-electron chi connectivity index (χ0n) is 27.3. The average molecular weight is 627 g/mol. The van der Waals surface area contributed by atoms with Crippen LogP contribution in [0.5, 0.6) is 0 Å². The van der Waals surface area contributed by atoms with Gasteiger partial charge in [0.2, 0.25) is 0 Å². The lowest BCUT2D eigenvalue weighted by molar-refractivity contribution is 0.769. The van der Waals surface area contributed by atoms with E-state index in [4.69, 9.17) is 4.99 Å². The number of fused-ring (bicyclic) bond motifs is 3. The Morgan fingerprint density at radius 1 is 0.490 bits per heavy atom. The number of hydrogen-bond acceptors (Lipinski definition) is 2. The molecule has 232 valence electrons. The smallest absolute Gasteiger partial charge is 0.0701 e. The van der Waals surface area contributed by atoms with Crippen molar-refractivity contribution in [2.24, 2.45) is 10.9 Å². The van der Waals surface area contributed by atoms with Gasteiger partial charge in [-0.15, -0.1) is 0 Å². The van der Waals surface area contributed by atoms with Crippen molar-refractivity contribution in [3.8, 4) is 44.6 Å². The number of benzene rings is 7. The van der Waals surface area contributed by atoms with E-state index in [1.165, 1.54) is 65.7 Å². The standard InChI is InChI=1S/C47H34N2/c1-31-26-28-49-45(29-31)34-18-22-35(23-19-34)46-40-12-4-5-13-41(40)47(36-20-16-33(17-21-36)44-15-6-7-27-48-44)43-30-37(24-25-42(43)46)39-14-8-10-32-9-2-3-11-38(32)39/h2-25,27-31H,26H2,1H3. The lowest BCUT2D eigenvalue weighted by atomic mass is 9.84. The predicted octanol–water partition coefficient (Wildman–Crippen LogP) is 12.7. The van der Waals surface area contributed by atoms with Crippen LogP contribution in [0, 0.1) is 5.92 Å². The zero-order valence-corrected chi connectivity index (χ0v) is 27.3. The summed E-state index contributed by atoms with van der Waals surface area (Å²) in [5.41, 5.74) is 11.6. The second-order valence-electron chi connectivity index (χ2n) is 13.0. The van der Waals surface area contributed by atoms with E-state index >= 15 is 0 Å². The molecule has 1 unspecified atom stereocenters. The fourth-order valence-electron chi connectivity index (χ4n) is 7.46. The molecule has 2 heterocycles. The van der Waals surface area contributed by atoms with Crippen LogP contribution in [0.1, 0.15) is 18.9 Å². The Balaban J connectivity index is 1.29. The van der Waals surface area contributed by atoms with Crippen LogP contribution < -0.4 is 0 Å². The molecule has 7 aromatic carbocycles. The highest BCUT2D eigenvalue weighted by atomic mass is 14.7. The fourth-order valence-corrected chi connectivity index (χ4v) is 7.46. The number of nitrogens with zero attached hydrogens (tertiary/aromatic N) is 2. The van der Waals surface area contributed by atoms with Crippen LogP contribution in [0.15, 0.2) is 169 Å². The summed E-state index contributed by atoms with van der Waals surface area (Å²) in [6.45, 7) is 2.25. The van der Waals surface area contributed by atoms with E-state index in [0.717, 1.165) is 28.9 Å².